The van der Waals surface area contributed by atoms with Gasteiger partial charge in [0.2, 0.25) is 0 Å². The lowest BCUT2D eigenvalue weighted by Gasteiger charge is -2.24. The SMILES string of the molecule is C=Cc1c(CC)c(C)c(N)c(C)c1-c1c(C)cc(C)c(OC)c1C. The van der Waals surface area contributed by atoms with E-state index in [1.54, 1.807) is 7.11 Å². The first kappa shape index (κ1) is 18.1. The molecule has 0 saturated heterocycles. The van der Waals surface area contributed by atoms with E-state index in [0.717, 1.165) is 34.5 Å². The molecule has 2 nitrogen and oxygen atoms in total. The summed E-state index contributed by atoms with van der Waals surface area (Å²) in [7, 11) is 1.73. The summed E-state index contributed by atoms with van der Waals surface area (Å²) >= 11 is 0. The van der Waals surface area contributed by atoms with E-state index in [1.165, 1.54) is 33.4 Å². The molecule has 2 heteroatoms. The molecule has 0 fully saturated rings. The molecule has 0 radical (unpaired) electrons. The van der Waals surface area contributed by atoms with Crippen LogP contribution in [0.15, 0.2) is 12.6 Å². The Morgan fingerprint density at radius 1 is 1.00 bits per heavy atom. The average molecular weight is 323 g/mol. The molecule has 0 unspecified atom stereocenters. The van der Waals surface area contributed by atoms with E-state index in [1.807, 2.05) is 6.08 Å². The van der Waals surface area contributed by atoms with Crippen molar-refractivity contribution in [2.45, 2.75) is 48.0 Å². The normalized spacial score (nSPS) is 10.8. The number of hydrogen-bond donors (Lipinski definition) is 1. The third-order valence-electron chi connectivity index (χ3n) is 5.14. The van der Waals surface area contributed by atoms with E-state index in [9.17, 15) is 0 Å². The fraction of sp³-hybridized carbons (Fsp3) is 0.364. The van der Waals surface area contributed by atoms with Gasteiger partial charge in [0, 0.05) is 5.69 Å². The largest absolute Gasteiger partial charge is 0.496 e. The zero-order chi connectivity index (χ0) is 18.2. The van der Waals surface area contributed by atoms with Gasteiger partial charge in [0.05, 0.1) is 7.11 Å². The van der Waals surface area contributed by atoms with Gasteiger partial charge in [0.15, 0.2) is 0 Å². The molecule has 24 heavy (non-hydrogen) atoms. The Bertz CT molecular complexity index is 816. The molecular formula is C22H29NO. The Hall–Kier alpha value is -2.22. The van der Waals surface area contributed by atoms with Gasteiger partial charge >= 0.3 is 0 Å². The van der Waals surface area contributed by atoms with Crippen molar-refractivity contribution in [3.8, 4) is 16.9 Å². The van der Waals surface area contributed by atoms with Crippen LogP contribution in [-0.4, -0.2) is 7.11 Å². The number of benzene rings is 2. The Labute approximate surface area is 146 Å². The minimum Gasteiger partial charge on any atom is -0.496 e. The Balaban J connectivity index is 3.03. The lowest BCUT2D eigenvalue weighted by atomic mass is 9.82. The van der Waals surface area contributed by atoms with Crippen LogP contribution in [0.1, 0.15) is 45.9 Å². The first-order chi connectivity index (χ1) is 11.3. The molecule has 0 spiro atoms. The zero-order valence-electron chi connectivity index (χ0n) is 16.1. The molecule has 0 aromatic heterocycles. The van der Waals surface area contributed by atoms with Crippen molar-refractivity contribution >= 4 is 11.8 Å². The average Bonchev–Trinajstić information content (AvgIpc) is 2.54. The molecule has 2 N–H and O–H groups in total. The van der Waals surface area contributed by atoms with Crippen molar-refractivity contribution in [1.29, 1.82) is 0 Å². The van der Waals surface area contributed by atoms with Crippen LogP contribution in [0.5, 0.6) is 5.75 Å². The van der Waals surface area contributed by atoms with Gasteiger partial charge in [-0.05, 0) is 91.1 Å². The van der Waals surface area contributed by atoms with E-state index in [4.69, 9.17) is 10.5 Å². The van der Waals surface area contributed by atoms with E-state index in [-0.39, 0.29) is 0 Å². The molecular weight excluding hydrogens is 294 g/mol. The Morgan fingerprint density at radius 2 is 1.62 bits per heavy atom. The number of aryl methyl sites for hydroxylation is 2. The molecule has 0 saturated carbocycles. The fourth-order valence-electron chi connectivity index (χ4n) is 4.00. The maximum Gasteiger partial charge on any atom is 0.125 e. The summed E-state index contributed by atoms with van der Waals surface area (Å²) in [6, 6.07) is 2.19. The molecule has 0 atom stereocenters. The van der Waals surface area contributed by atoms with Crippen molar-refractivity contribution in [3.63, 3.8) is 0 Å². The van der Waals surface area contributed by atoms with Crippen LogP contribution in [0, 0.1) is 34.6 Å². The maximum absolute atomic E-state index is 6.46. The highest BCUT2D eigenvalue weighted by atomic mass is 16.5. The predicted molar refractivity (Wildman–Crippen MR) is 106 cm³/mol. The van der Waals surface area contributed by atoms with E-state index in [0.29, 0.717) is 0 Å². The molecule has 2 rings (SSSR count). The summed E-state index contributed by atoms with van der Waals surface area (Å²) in [6.07, 6.45) is 2.91. The standard InChI is InChI=1S/C22H29NO/c1-9-17-14(5)21(23)15(6)20(18(17)10-2)19-12(3)11-13(4)22(24-8)16(19)7/h10-11H,2,9,23H2,1,3-8H3. The van der Waals surface area contributed by atoms with Crippen molar-refractivity contribution in [3.05, 3.63) is 51.6 Å². The topological polar surface area (TPSA) is 35.2 Å². The van der Waals surface area contributed by atoms with Gasteiger partial charge in [0.25, 0.3) is 0 Å². The van der Waals surface area contributed by atoms with Crippen LogP contribution in [0.2, 0.25) is 0 Å². The van der Waals surface area contributed by atoms with Crippen molar-refractivity contribution in [2.75, 3.05) is 12.8 Å². The van der Waals surface area contributed by atoms with Gasteiger partial charge < -0.3 is 10.5 Å². The molecule has 0 heterocycles. The van der Waals surface area contributed by atoms with Crippen molar-refractivity contribution < 1.29 is 4.74 Å². The number of ether oxygens (including phenoxy) is 1. The number of hydrogen-bond acceptors (Lipinski definition) is 2. The molecule has 0 aliphatic rings. The fourth-order valence-corrected chi connectivity index (χ4v) is 4.00. The van der Waals surface area contributed by atoms with Crippen LogP contribution in [-0.2, 0) is 6.42 Å². The summed E-state index contributed by atoms with van der Waals surface area (Å²) in [4.78, 5) is 0. The number of nitrogen functional groups attached to an aromatic ring is 1. The number of anilines is 1. The molecule has 0 aliphatic heterocycles. The minimum absolute atomic E-state index is 0.880. The van der Waals surface area contributed by atoms with Crippen molar-refractivity contribution in [1.82, 2.24) is 0 Å². The molecule has 0 bridgehead atoms. The lowest BCUT2D eigenvalue weighted by molar-refractivity contribution is 0.408. The number of nitrogens with two attached hydrogens (primary N) is 1. The lowest BCUT2D eigenvalue weighted by Crippen LogP contribution is -2.06. The van der Waals surface area contributed by atoms with Gasteiger partial charge in [-0.2, -0.15) is 0 Å². The number of rotatable bonds is 4. The second-order valence-corrected chi connectivity index (χ2v) is 6.53. The quantitative estimate of drug-likeness (QED) is 0.733. The summed E-state index contributed by atoms with van der Waals surface area (Å²) in [5, 5.41) is 0. The smallest absolute Gasteiger partial charge is 0.125 e. The highest BCUT2D eigenvalue weighted by Gasteiger charge is 2.21. The highest BCUT2D eigenvalue weighted by molar-refractivity contribution is 5.89. The third-order valence-corrected chi connectivity index (χ3v) is 5.14. The van der Waals surface area contributed by atoms with Gasteiger partial charge in [-0.15, -0.1) is 0 Å². The highest BCUT2D eigenvalue weighted by Crippen LogP contribution is 2.43. The van der Waals surface area contributed by atoms with E-state index in [2.05, 4.69) is 54.2 Å². The van der Waals surface area contributed by atoms with Crippen LogP contribution in [0.4, 0.5) is 5.69 Å². The predicted octanol–water partition coefficient (Wildman–Crippen LogP) is 5.69. The first-order valence-electron chi connectivity index (χ1n) is 8.49. The van der Waals surface area contributed by atoms with Gasteiger partial charge in [0.1, 0.15) is 5.75 Å². The third kappa shape index (κ3) is 2.60. The monoisotopic (exact) mass is 323 g/mol. The second-order valence-electron chi connectivity index (χ2n) is 6.53. The molecule has 0 amide bonds. The maximum atomic E-state index is 6.46. The van der Waals surface area contributed by atoms with Gasteiger partial charge in [-0.25, -0.2) is 0 Å². The van der Waals surface area contributed by atoms with Crippen LogP contribution in [0.3, 0.4) is 0 Å². The molecule has 2 aromatic rings. The zero-order valence-corrected chi connectivity index (χ0v) is 16.1. The summed E-state index contributed by atoms with van der Waals surface area (Å²) in [6.45, 7) is 16.8. The van der Waals surface area contributed by atoms with E-state index < -0.39 is 0 Å². The summed E-state index contributed by atoms with van der Waals surface area (Å²) < 4.78 is 5.66. The van der Waals surface area contributed by atoms with E-state index >= 15 is 0 Å². The summed E-state index contributed by atoms with van der Waals surface area (Å²) in [5.41, 5.74) is 18.1. The minimum atomic E-state index is 0.880. The molecule has 128 valence electrons. The second kappa shape index (κ2) is 6.72. The van der Waals surface area contributed by atoms with Crippen LogP contribution in [0.25, 0.3) is 17.2 Å². The first-order valence-corrected chi connectivity index (χ1v) is 8.49. The summed E-state index contributed by atoms with van der Waals surface area (Å²) in [5.74, 6) is 0.946. The molecule has 2 aromatic carbocycles. The Kier molecular flexibility index (Phi) is 5.08. The Morgan fingerprint density at radius 3 is 2.12 bits per heavy atom. The molecule has 0 aliphatic carbocycles. The van der Waals surface area contributed by atoms with Gasteiger partial charge in [-0.1, -0.05) is 25.6 Å². The number of methoxy groups -OCH3 is 1. The van der Waals surface area contributed by atoms with Crippen molar-refractivity contribution in [2.24, 2.45) is 0 Å². The van der Waals surface area contributed by atoms with Crippen LogP contribution >= 0.6 is 0 Å². The van der Waals surface area contributed by atoms with Gasteiger partial charge in [-0.3, -0.25) is 0 Å². The van der Waals surface area contributed by atoms with Crippen LogP contribution < -0.4 is 10.5 Å².